The van der Waals surface area contributed by atoms with Gasteiger partial charge < -0.3 is 14.7 Å². The molecule has 3 nitrogen and oxygen atoms in total. The first-order valence-electron chi connectivity index (χ1n) is 1.10. The van der Waals surface area contributed by atoms with Crippen molar-refractivity contribution in [3.8, 4) is 0 Å². The summed E-state index contributed by atoms with van der Waals surface area (Å²) in [5, 5.41) is 0. The summed E-state index contributed by atoms with van der Waals surface area (Å²) in [6.45, 7) is 6.00. The summed E-state index contributed by atoms with van der Waals surface area (Å²) in [5.74, 6) is 0. The van der Waals surface area contributed by atoms with Crippen LogP contribution in [0.25, 0.3) is 0 Å². The fourth-order valence-corrected chi connectivity index (χ4v) is 0. The van der Waals surface area contributed by atoms with Gasteiger partial charge in [-0.1, -0.05) is 0 Å². The van der Waals surface area contributed by atoms with E-state index in [4.69, 9.17) is 14.7 Å². The first-order valence-corrected chi connectivity index (χ1v) is 2.30. The van der Waals surface area contributed by atoms with E-state index in [9.17, 15) is 0 Å². The third kappa shape index (κ3) is 15100. The molecule has 0 bridgehead atoms. The van der Waals surface area contributed by atoms with E-state index in [1.165, 1.54) is 0 Å². The summed E-state index contributed by atoms with van der Waals surface area (Å²) in [4.78, 5) is 21.7. The highest BCUT2D eigenvalue weighted by Crippen LogP contribution is 2.11. The van der Waals surface area contributed by atoms with Gasteiger partial charge in [-0.25, -0.2) is 0 Å². The molecule has 38 valence electrons. The van der Waals surface area contributed by atoms with E-state index < -0.39 is 8.60 Å². The first kappa shape index (κ1) is 9.41. The molecule has 0 aromatic heterocycles. The largest absolute Gasteiger partial charge is 0.328 e. The van der Waals surface area contributed by atoms with Gasteiger partial charge in [0.2, 0.25) is 0 Å². The van der Waals surface area contributed by atoms with Crippen LogP contribution in [0.2, 0.25) is 0 Å². The Labute approximate surface area is 37.6 Å². The predicted molar refractivity (Wildman–Crippen MR) is 24.8 cm³/mol. The molecule has 3 N–H and O–H groups in total. The molecule has 0 heterocycles. The average molecular weight is 110 g/mol. The van der Waals surface area contributed by atoms with Crippen LogP contribution in [0.15, 0.2) is 13.2 Å². The van der Waals surface area contributed by atoms with Crippen LogP contribution in [-0.2, 0) is 0 Å². The molecular weight excluding hydrogens is 103 g/mol. The monoisotopic (exact) mass is 110 g/mol. The lowest BCUT2D eigenvalue weighted by Crippen LogP contribution is -1.54. The van der Waals surface area contributed by atoms with E-state index in [-0.39, 0.29) is 0 Å². The van der Waals surface area contributed by atoms with Gasteiger partial charge in [0.15, 0.2) is 0 Å². The fourth-order valence-electron chi connectivity index (χ4n) is 0. The van der Waals surface area contributed by atoms with E-state index >= 15 is 0 Å². The topological polar surface area (TPSA) is 60.7 Å². The Bertz CT molecular complexity index is 20.0. The summed E-state index contributed by atoms with van der Waals surface area (Å²) in [5.41, 5.74) is 0. The summed E-state index contributed by atoms with van der Waals surface area (Å²) in [7, 11) is -2.62. The second-order valence-electron chi connectivity index (χ2n) is 0.268. The van der Waals surface area contributed by atoms with Gasteiger partial charge in [0.1, 0.15) is 0 Å². The van der Waals surface area contributed by atoms with Crippen molar-refractivity contribution < 1.29 is 14.7 Å². The predicted octanol–water partition coefficient (Wildman–Crippen LogP) is -0.00760. The molecule has 0 rings (SSSR count). The number of hydrogen-bond donors (Lipinski definition) is 3. The Morgan fingerprint density at radius 3 is 1.00 bits per heavy atom. The molecule has 0 aromatic rings. The summed E-state index contributed by atoms with van der Waals surface area (Å²) in [6, 6.07) is 0. The minimum Gasteiger partial charge on any atom is -0.328 e. The molecule has 0 aliphatic heterocycles. The Hall–Kier alpha value is 0.0500. The molecule has 0 atom stereocenters. The lowest BCUT2D eigenvalue weighted by molar-refractivity contribution is 0.368. The highest BCUT2D eigenvalue weighted by atomic mass is 31.2. The average Bonchev–Trinajstić information content (AvgIpc) is 1.41. The van der Waals surface area contributed by atoms with E-state index in [0.717, 1.165) is 0 Å². The molecule has 0 spiro atoms. The molecule has 0 amide bonds. The molecule has 0 saturated carbocycles. The third-order valence-electron chi connectivity index (χ3n) is 0. The highest BCUT2D eigenvalue weighted by Gasteiger charge is 1.76. The Morgan fingerprint density at radius 2 is 1.00 bits per heavy atom. The molecular formula is C2H7O3P. The van der Waals surface area contributed by atoms with Crippen LogP contribution in [-0.4, -0.2) is 14.7 Å². The molecule has 0 aliphatic rings. The molecule has 0 radical (unpaired) electrons. The zero-order chi connectivity index (χ0) is 5.58. The van der Waals surface area contributed by atoms with Gasteiger partial charge in [-0.15, -0.1) is 13.2 Å². The zero-order valence-corrected chi connectivity index (χ0v) is 4.10. The van der Waals surface area contributed by atoms with Crippen LogP contribution in [0.5, 0.6) is 0 Å². The van der Waals surface area contributed by atoms with Gasteiger partial charge in [0.05, 0.1) is 0 Å². The minimum atomic E-state index is -2.62. The van der Waals surface area contributed by atoms with Crippen molar-refractivity contribution in [2.75, 3.05) is 0 Å². The summed E-state index contributed by atoms with van der Waals surface area (Å²) < 4.78 is 0. The van der Waals surface area contributed by atoms with Gasteiger partial charge in [-0.3, -0.25) is 0 Å². The minimum absolute atomic E-state index is 2.62. The van der Waals surface area contributed by atoms with Crippen LogP contribution in [0.4, 0.5) is 0 Å². The molecule has 0 saturated heterocycles. The lowest BCUT2D eigenvalue weighted by Gasteiger charge is -1.76. The maximum Gasteiger partial charge on any atom is 0.324 e. The van der Waals surface area contributed by atoms with Crippen molar-refractivity contribution in [2.24, 2.45) is 0 Å². The maximum absolute atomic E-state index is 7.23. The van der Waals surface area contributed by atoms with Gasteiger partial charge in [0, 0.05) is 0 Å². The fraction of sp³-hybridized carbons (Fsp3) is 0. The van der Waals surface area contributed by atoms with E-state index in [0.29, 0.717) is 0 Å². The third-order valence-corrected chi connectivity index (χ3v) is 0. The van der Waals surface area contributed by atoms with Crippen molar-refractivity contribution in [2.45, 2.75) is 0 Å². The highest BCUT2D eigenvalue weighted by molar-refractivity contribution is 7.38. The maximum atomic E-state index is 7.23. The van der Waals surface area contributed by atoms with Crippen molar-refractivity contribution >= 4 is 8.60 Å². The summed E-state index contributed by atoms with van der Waals surface area (Å²) >= 11 is 0. The van der Waals surface area contributed by atoms with Crippen LogP contribution >= 0.6 is 8.60 Å². The van der Waals surface area contributed by atoms with Gasteiger partial charge in [0.25, 0.3) is 0 Å². The second-order valence-corrected chi connectivity index (χ2v) is 0.805. The van der Waals surface area contributed by atoms with Gasteiger partial charge in [-0.2, -0.15) is 0 Å². The normalized spacial score (nSPS) is 6.67. The Kier molecular flexibility index (Phi) is 14.0. The molecule has 0 aliphatic carbocycles. The summed E-state index contributed by atoms with van der Waals surface area (Å²) in [6.07, 6.45) is 0. The zero-order valence-electron chi connectivity index (χ0n) is 3.20. The first-order chi connectivity index (χ1) is 2.73. The van der Waals surface area contributed by atoms with Crippen molar-refractivity contribution in [3.05, 3.63) is 13.2 Å². The lowest BCUT2D eigenvalue weighted by atomic mass is 11.3. The smallest absolute Gasteiger partial charge is 0.324 e. The van der Waals surface area contributed by atoms with Crippen LogP contribution in [0, 0.1) is 0 Å². The van der Waals surface area contributed by atoms with Crippen molar-refractivity contribution in [1.29, 1.82) is 0 Å². The van der Waals surface area contributed by atoms with Gasteiger partial charge in [-0.05, 0) is 0 Å². The number of hydrogen-bond acceptors (Lipinski definition) is 3. The molecule has 0 unspecified atom stereocenters. The SMILES string of the molecule is C=C.OP(O)O. The second kappa shape index (κ2) is 8.90. The molecule has 6 heavy (non-hydrogen) atoms. The van der Waals surface area contributed by atoms with E-state index in [1.807, 2.05) is 0 Å². The Morgan fingerprint density at radius 1 is 1.00 bits per heavy atom. The molecule has 0 fully saturated rings. The van der Waals surface area contributed by atoms with Crippen molar-refractivity contribution in [3.63, 3.8) is 0 Å². The number of rotatable bonds is 0. The van der Waals surface area contributed by atoms with Crippen LogP contribution in [0.1, 0.15) is 0 Å². The van der Waals surface area contributed by atoms with E-state index in [1.54, 1.807) is 0 Å². The van der Waals surface area contributed by atoms with Crippen LogP contribution < -0.4 is 0 Å². The quantitative estimate of drug-likeness (QED) is 0.303. The van der Waals surface area contributed by atoms with Crippen LogP contribution in [0.3, 0.4) is 0 Å². The molecule has 4 heteroatoms. The molecule has 0 aromatic carbocycles. The Balaban J connectivity index is 0. The standard InChI is InChI=1S/C2H4.H3O3P/c1-2;1-4(2)3/h1-2H2;1-3H. The van der Waals surface area contributed by atoms with Crippen molar-refractivity contribution in [1.82, 2.24) is 0 Å². The van der Waals surface area contributed by atoms with Gasteiger partial charge >= 0.3 is 8.60 Å². The van der Waals surface area contributed by atoms with E-state index in [2.05, 4.69) is 13.2 Å².